The largest absolute Gasteiger partial charge is 0.308 e. The first kappa shape index (κ1) is 12.0. The molecular formula is C13H18FN3. The van der Waals surface area contributed by atoms with E-state index in [2.05, 4.69) is 10.4 Å². The van der Waals surface area contributed by atoms with E-state index in [1.165, 1.54) is 31.4 Å². The minimum absolute atomic E-state index is 0.247. The molecule has 0 amide bonds. The average Bonchev–Trinajstić information content (AvgIpc) is 2.38. The van der Waals surface area contributed by atoms with Gasteiger partial charge in [0.25, 0.3) is 0 Å². The van der Waals surface area contributed by atoms with Gasteiger partial charge in [-0.3, -0.25) is 4.99 Å². The molecule has 1 aromatic rings. The fraction of sp³-hybridized carbons (Fsp3) is 0.462. The fourth-order valence-corrected chi connectivity index (χ4v) is 2.20. The van der Waals surface area contributed by atoms with Crippen LogP contribution in [0.15, 0.2) is 29.3 Å². The second-order valence-electron chi connectivity index (χ2n) is 4.42. The Bertz CT molecular complexity index is 380. The number of hydrazine groups is 1. The first-order valence-electron chi connectivity index (χ1n) is 6.10. The molecule has 0 aliphatic heterocycles. The Labute approximate surface area is 101 Å². The molecule has 1 aliphatic carbocycles. The van der Waals surface area contributed by atoms with Crippen LogP contribution in [0.4, 0.5) is 4.39 Å². The number of nitrogens with two attached hydrogens (primary N) is 1. The van der Waals surface area contributed by atoms with Crippen molar-refractivity contribution in [2.45, 2.75) is 38.1 Å². The molecule has 1 aliphatic rings. The predicted octanol–water partition coefficient (Wildman–Crippen LogP) is 2.37. The number of halogens is 1. The Morgan fingerprint density at radius 3 is 2.41 bits per heavy atom. The van der Waals surface area contributed by atoms with Gasteiger partial charge in [-0.25, -0.2) is 10.2 Å². The third-order valence-corrected chi connectivity index (χ3v) is 3.14. The zero-order valence-corrected chi connectivity index (χ0v) is 9.82. The molecule has 0 spiro atoms. The SMILES string of the molecule is NNC(=NC1CCCCC1)c1ccc(F)cc1. The van der Waals surface area contributed by atoms with E-state index >= 15 is 0 Å². The number of benzene rings is 1. The van der Waals surface area contributed by atoms with E-state index in [9.17, 15) is 4.39 Å². The van der Waals surface area contributed by atoms with Gasteiger partial charge in [0.2, 0.25) is 0 Å². The van der Waals surface area contributed by atoms with Crippen molar-refractivity contribution in [1.82, 2.24) is 5.43 Å². The molecule has 1 fully saturated rings. The molecule has 0 heterocycles. The van der Waals surface area contributed by atoms with E-state index in [1.807, 2.05) is 0 Å². The van der Waals surface area contributed by atoms with Crippen molar-refractivity contribution >= 4 is 5.84 Å². The van der Waals surface area contributed by atoms with Gasteiger partial charge >= 0.3 is 0 Å². The lowest BCUT2D eigenvalue weighted by molar-refractivity contribution is 0.442. The first-order chi connectivity index (χ1) is 8.29. The molecule has 0 saturated heterocycles. The molecule has 0 radical (unpaired) electrons. The van der Waals surface area contributed by atoms with Gasteiger partial charge in [-0.2, -0.15) is 0 Å². The fourth-order valence-electron chi connectivity index (χ4n) is 2.20. The van der Waals surface area contributed by atoms with Gasteiger partial charge in [-0.05, 0) is 37.1 Å². The van der Waals surface area contributed by atoms with Gasteiger partial charge in [-0.15, -0.1) is 0 Å². The van der Waals surface area contributed by atoms with Crippen LogP contribution >= 0.6 is 0 Å². The number of hydrogen-bond donors (Lipinski definition) is 2. The van der Waals surface area contributed by atoms with Gasteiger partial charge in [0.05, 0.1) is 6.04 Å². The summed E-state index contributed by atoms with van der Waals surface area (Å²) in [5, 5.41) is 0. The Morgan fingerprint density at radius 1 is 1.18 bits per heavy atom. The molecule has 4 heteroatoms. The summed E-state index contributed by atoms with van der Waals surface area (Å²) in [4.78, 5) is 4.61. The van der Waals surface area contributed by atoms with Gasteiger partial charge in [0.15, 0.2) is 0 Å². The Morgan fingerprint density at radius 2 is 1.82 bits per heavy atom. The Hall–Kier alpha value is -1.42. The zero-order chi connectivity index (χ0) is 12.1. The second-order valence-corrected chi connectivity index (χ2v) is 4.42. The van der Waals surface area contributed by atoms with Crippen molar-refractivity contribution in [3.63, 3.8) is 0 Å². The highest BCUT2D eigenvalue weighted by atomic mass is 19.1. The van der Waals surface area contributed by atoms with E-state index in [0.29, 0.717) is 11.9 Å². The zero-order valence-electron chi connectivity index (χ0n) is 9.82. The van der Waals surface area contributed by atoms with E-state index in [0.717, 1.165) is 18.4 Å². The number of amidine groups is 1. The third-order valence-electron chi connectivity index (χ3n) is 3.14. The quantitative estimate of drug-likeness (QED) is 0.358. The van der Waals surface area contributed by atoms with Crippen molar-refractivity contribution in [2.75, 3.05) is 0 Å². The molecular weight excluding hydrogens is 217 g/mol. The second kappa shape index (κ2) is 5.77. The molecule has 1 aromatic carbocycles. The van der Waals surface area contributed by atoms with Crippen LogP contribution < -0.4 is 11.3 Å². The normalized spacial score (nSPS) is 18.1. The molecule has 0 unspecified atom stereocenters. The lowest BCUT2D eigenvalue weighted by atomic mass is 9.96. The summed E-state index contributed by atoms with van der Waals surface area (Å²) in [6.07, 6.45) is 6.00. The minimum Gasteiger partial charge on any atom is -0.308 e. The van der Waals surface area contributed by atoms with Crippen LogP contribution in [-0.2, 0) is 0 Å². The maximum Gasteiger partial charge on any atom is 0.142 e. The number of nitrogens with zero attached hydrogens (tertiary/aromatic N) is 1. The highest BCUT2D eigenvalue weighted by molar-refractivity contribution is 5.98. The summed E-state index contributed by atoms with van der Waals surface area (Å²) in [6, 6.07) is 6.57. The molecule has 0 aromatic heterocycles. The molecule has 0 bridgehead atoms. The summed E-state index contributed by atoms with van der Waals surface area (Å²) in [5.74, 6) is 5.89. The Kier molecular flexibility index (Phi) is 4.09. The monoisotopic (exact) mass is 235 g/mol. The maximum absolute atomic E-state index is 12.8. The summed E-state index contributed by atoms with van der Waals surface area (Å²) in [5.41, 5.74) is 3.45. The van der Waals surface area contributed by atoms with Crippen LogP contribution in [0, 0.1) is 5.82 Å². The lowest BCUT2D eigenvalue weighted by Gasteiger charge is -2.19. The summed E-state index contributed by atoms with van der Waals surface area (Å²) in [6.45, 7) is 0. The topological polar surface area (TPSA) is 50.4 Å². The number of aliphatic imine (C=N–C) groups is 1. The molecule has 0 atom stereocenters. The molecule has 3 N–H and O–H groups in total. The van der Waals surface area contributed by atoms with Crippen molar-refractivity contribution in [1.29, 1.82) is 0 Å². The first-order valence-corrected chi connectivity index (χ1v) is 6.10. The summed E-state index contributed by atoms with van der Waals surface area (Å²) >= 11 is 0. The number of hydrogen-bond acceptors (Lipinski definition) is 2. The van der Waals surface area contributed by atoms with Gasteiger partial charge in [0, 0.05) is 5.56 Å². The highest BCUT2D eigenvalue weighted by Gasteiger charge is 2.13. The Balaban J connectivity index is 2.14. The number of rotatable bonds is 2. The smallest absolute Gasteiger partial charge is 0.142 e. The van der Waals surface area contributed by atoms with Crippen molar-refractivity contribution < 1.29 is 4.39 Å². The van der Waals surface area contributed by atoms with E-state index < -0.39 is 0 Å². The third kappa shape index (κ3) is 3.27. The lowest BCUT2D eigenvalue weighted by Crippen LogP contribution is -2.32. The number of nitrogens with one attached hydrogen (secondary N) is 1. The van der Waals surface area contributed by atoms with E-state index in [-0.39, 0.29) is 5.82 Å². The van der Waals surface area contributed by atoms with Crippen LogP contribution in [0.1, 0.15) is 37.7 Å². The van der Waals surface area contributed by atoms with Gasteiger partial charge < -0.3 is 5.43 Å². The summed E-state index contributed by atoms with van der Waals surface area (Å²) < 4.78 is 12.8. The average molecular weight is 235 g/mol. The maximum atomic E-state index is 12.8. The molecule has 1 saturated carbocycles. The molecule has 17 heavy (non-hydrogen) atoms. The van der Waals surface area contributed by atoms with Crippen LogP contribution in [0.3, 0.4) is 0 Å². The van der Waals surface area contributed by atoms with E-state index in [1.54, 1.807) is 12.1 Å². The molecule has 92 valence electrons. The van der Waals surface area contributed by atoms with Crippen LogP contribution in [0.25, 0.3) is 0 Å². The molecule has 2 rings (SSSR count). The van der Waals surface area contributed by atoms with Crippen LogP contribution in [0.2, 0.25) is 0 Å². The summed E-state index contributed by atoms with van der Waals surface area (Å²) in [7, 11) is 0. The van der Waals surface area contributed by atoms with Crippen molar-refractivity contribution in [2.24, 2.45) is 10.8 Å². The molecule has 3 nitrogen and oxygen atoms in total. The van der Waals surface area contributed by atoms with Crippen LogP contribution in [-0.4, -0.2) is 11.9 Å². The van der Waals surface area contributed by atoms with Crippen LogP contribution in [0.5, 0.6) is 0 Å². The van der Waals surface area contributed by atoms with Gasteiger partial charge in [0.1, 0.15) is 11.7 Å². The minimum atomic E-state index is -0.247. The van der Waals surface area contributed by atoms with E-state index in [4.69, 9.17) is 5.84 Å². The highest BCUT2D eigenvalue weighted by Crippen LogP contribution is 2.20. The van der Waals surface area contributed by atoms with Crippen molar-refractivity contribution in [3.8, 4) is 0 Å². The van der Waals surface area contributed by atoms with Crippen molar-refractivity contribution in [3.05, 3.63) is 35.6 Å². The van der Waals surface area contributed by atoms with Gasteiger partial charge in [-0.1, -0.05) is 19.3 Å². The predicted molar refractivity (Wildman–Crippen MR) is 67.1 cm³/mol. The standard InChI is InChI=1S/C13H18FN3/c14-11-8-6-10(7-9-11)13(17-15)16-12-4-2-1-3-5-12/h6-9,12H,1-5,15H2,(H,16,17).